The Labute approximate surface area is 145 Å². The zero-order valence-corrected chi connectivity index (χ0v) is 12.4. The van der Waals surface area contributed by atoms with E-state index in [1.165, 1.54) is 5.69 Å². The van der Waals surface area contributed by atoms with E-state index in [1.54, 1.807) is 0 Å². The lowest BCUT2D eigenvalue weighted by molar-refractivity contribution is -0.119. The van der Waals surface area contributed by atoms with Gasteiger partial charge in [0, 0.05) is 24.5 Å². The minimum Gasteiger partial charge on any atom is -0.389 e. The normalized spacial score (nSPS) is 15.8. The third-order valence-electron chi connectivity index (χ3n) is 3.84. The van der Waals surface area contributed by atoms with Gasteiger partial charge in [-0.3, -0.25) is 4.79 Å². The molecular formula is C20H28N2O2. The van der Waals surface area contributed by atoms with Crippen LogP contribution in [0.3, 0.4) is 0 Å². The minimum absolute atomic E-state index is 0. The Balaban J connectivity index is 0.000000222. The van der Waals surface area contributed by atoms with Gasteiger partial charge in [0.05, 0.1) is 19.2 Å². The number of aliphatic hydroxyl groups is 1. The quantitative estimate of drug-likeness (QED) is 0.919. The molecule has 0 bridgehead atoms. The third kappa shape index (κ3) is 4.83. The van der Waals surface area contributed by atoms with Crippen LogP contribution in [-0.2, 0) is 4.79 Å². The lowest BCUT2D eigenvalue weighted by Gasteiger charge is -2.37. The van der Waals surface area contributed by atoms with E-state index in [1.807, 2.05) is 48.5 Å². The SMILES string of the molecule is C.C.O=C1CN(c2ccccc2)C1.OC1CN(c2ccccc2)C1. The van der Waals surface area contributed by atoms with Crippen LogP contribution in [0.1, 0.15) is 14.9 Å². The molecule has 2 aromatic rings. The minimum atomic E-state index is -0.116. The fourth-order valence-electron chi connectivity index (χ4n) is 2.51. The predicted molar refractivity (Wildman–Crippen MR) is 102 cm³/mol. The lowest BCUT2D eigenvalue weighted by atomic mass is 10.1. The molecule has 0 aliphatic carbocycles. The number of carbonyl (C=O) groups excluding carboxylic acids is 1. The van der Waals surface area contributed by atoms with Crippen LogP contribution in [0.5, 0.6) is 0 Å². The number of benzene rings is 2. The first-order chi connectivity index (χ1) is 10.7. The molecule has 2 saturated heterocycles. The summed E-state index contributed by atoms with van der Waals surface area (Å²) in [5.41, 5.74) is 2.35. The average molecular weight is 328 g/mol. The Hall–Kier alpha value is -2.33. The van der Waals surface area contributed by atoms with Crippen molar-refractivity contribution in [3.63, 3.8) is 0 Å². The molecule has 1 N–H and O–H groups in total. The first-order valence-electron chi connectivity index (χ1n) is 7.52. The van der Waals surface area contributed by atoms with E-state index in [2.05, 4.69) is 21.9 Å². The molecular weight excluding hydrogens is 300 g/mol. The molecule has 0 atom stereocenters. The Morgan fingerprint density at radius 2 is 1.17 bits per heavy atom. The monoisotopic (exact) mass is 328 g/mol. The maximum atomic E-state index is 10.6. The number of rotatable bonds is 2. The van der Waals surface area contributed by atoms with Crippen LogP contribution in [0.25, 0.3) is 0 Å². The molecule has 2 aliphatic rings. The topological polar surface area (TPSA) is 43.8 Å². The first kappa shape index (κ1) is 19.7. The molecule has 2 aromatic carbocycles. The van der Waals surface area contributed by atoms with Gasteiger partial charge in [-0.25, -0.2) is 0 Å². The van der Waals surface area contributed by atoms with E-state index >= 15 is 0 Å². The number of Topliss-reactive ketones (excluding diaryl/α,β-unsaturated/α-hetero) is 1. The van der Waals surface area contributed by atoms with Crippen molar-refractivity contribution in [1.82, 2.24) is 0 Å². The second kappa shape index (κ2) is 9.08. The molecule has 130 valence electrons. The van der Waals surface area contributed by atoms with Crippen LogP contribution in [-0.4, -0.2) is 43.2 Å². The first-order valence-corrected chi connectivity index (χ1v) is 7.52. The van der Waals surface area contributed by atoms with Crippen LogP contribution in [0.4, 0.5) is 11.4 Å². The molecule has 2 aliphatic heterocycles. The van der Waals surface area contributed by atoms with Gasteiger partial charge in [0.1, 0.15) is 0 Å². The summed E-state index contributed by atoms with van der Waals surface area (Å²) in [6, 6.07) is 20.1. The summed E-state index contributed by atoms with van der Waals surface area (Å²) in [6.07, 6.45) is -0.116. The number of hydrogen-bond acceptors (Lipinski definition) is 4. The summed E-state index contributed by atoms with van der Waals surface area (Å²) in [7, 11) is 0. The molecule has 4 nitrogen and oxygen atoms in total. The highest BCUT2D eigenvalue weighted by atomic mass is 16.3. The zero-order valence-electron chi connectivity index (χ0n) is 12.4. The van der Waals surface area contributed by atoms with E-state index in [0.717, 1.165) is 18.8 Å². The number of nitrogens with zero attached hydrogens (tertiary/aromatic N) is 2. The molecule has 2 heterocycles. The van der Waals surface area contributed by atoms with Gasteiger partial charge in [0.25, 0.3) is 0 Å². The van der Waals surface area contributed by atoms with Crippen molar-refractivity contribution >= 4 is 17.2 Å². The van der Waals surface area contributed by atoms with E-state index in [-0.39, 0.29) is 21.0 Å². The highest BCUT2D eigenvalue weighted by Gasteiger charge is 2.24. The van der Waals surface area contributed by atoms with Gasteiger partial charge in [-0.1, -0.05) is 51.3 Å². The van der Waals surface area contributed by atoms with Gasteiger partial charge in [0.2, 0.25) is 0 Å². The van der Waals surface area contributed by atoms with Crippen molar-refractivity contribution in [2.24, 2.45) is 0 Å². The van der Waals surface area contributed by atoms with Crippen molar-refractivity contribution in [3.8, 4) is 0 Å². The molecule has 4 rings (SSSR count). The Morgan fingerprint density at radius 3 is 1.54 bits per heavy atom. The number of β-amino-alcohol motifs (C(OH)–C–C–N with tert-alkyl or cyclic N) is 1. The number of para-hydroxylation sites is 2. The van der Waals surface area contributed by atoms with Gasteiger partial charge < -0.3 is 14.9 Å². The fourth-order valence-corrected chi connectivity index (χ4v) is 2.51. The van der Waals surface area contributed by atoms with Crippen molar-refractivity contribution in [1.29, 1.82) is 0 Å². The van der Waals surface area contributed by atoms with Crippen LogP contribution in [0.15, 0.2) is 60.7 Å². The second-order valence-electron chi connectivity index (χ2n) is 5.62. The van der Waals surface area contributed by atoms with Gasteiger partial charge in [-0.2, -0.15) is 0 Å². The molecule has 0 saturated carbocycles. The molecule has 0 amide bonds. The fraction of sp³-hybridized carbons (Fsp3) is 0.350. The molecule has 0 aromatic heterocycles. The predicted octanol–water partition coefficient (Wildman–Crippen LogP) is 3.22. The summed E-state index contributed by atoms with van der Waals surface area (Å²) in [5.74, 6) is 0.328. The Kier molecular flexibility index (Phi) is 7.46. The second-order valence-corrected chi connectivity index (χ2v) is 5.62. The van der Waals surface area contributed by atoms with Crippen LogP contribution in [0.2, 0.25) is 0 Å². The summed E-state index contributed by atoms with van der Waals surface area (Å²) < 4.78 is 0. The smallest absolute Gasteiger partial charge is 0.171 e. The van der Waals surface area contributed by atoms with Gasteiger partial charge in [-0.05, 0) is 24.3 Å². The largest absolute Gasteiger partial charge is 0.389 e. The van der Waals surface area contributed by atoms with E-state index in [0.29, 0.717) is 18.9 Å². The molecule has 0 unspecified atom stereocenters. The van der Waals surface area contributed by atoms with E-state index < -0.39 is 0 Å². The number of ketones is 1. The number of aliphatic hydroxyl groups excluding tert-OH is 1. The molecule has 4 heteroatoms. The van der Waals surface area contributed by atoms with Crippen molar-refractivity contribution in [2.75, 3.05) is 36.0 Å². The van der Waals surface area contributed by atoms with Crippen molar-refractivity contribution in [3.05, 3.63) is 60.7 Å². The van der Waals surface area contributed by atoms with Gasteiger partial charge in [0.15, 0.2) is 5.78 Å². The maximum Gasteiger partial charge on any atom is 0.171 e. The molecule has 24 heavy (non-hydrogen) atoms. The number of hydrogen-bond donors (Lipinski definition) is 1. The highest BCUT2D eigenvalue weighted by molar-refractivity contribution is 5.95. The van der Waals surface area contributed by atoms with E-state index in [9.17, 15) is 4.79 Å². The molecule has 0 spiro atoms. The summed E-state index contributed by atoms with van der Waals surface area (Å²) in [5, 5.41) is 9.04. The highest BCUT2D eigenvalue weighted by Crippen LogP contribution is 2.19. The van der Waals surface area contributed by atoms with Crippen molar-refractivity contribution in [2.45, 2.75) is 21.0 Å². The summed E-state index contributed by atoms with van der Waals surface area (Å²) >= 11 is 0. The summed E-state index contributed by atoms with van der Waals surface area (Å²) in [4.78, 5) is 14.9. The number of anilines is 2. The zero-order chi connectivity index (χ0) is 15.4. The molecule has 0 radical (unpaired) electrons. The van der Waals surface area contributed by atoms with Gasteiger partial charge in [-0.15, -0.1) is 0 Å². The summed E-state index contributed by atoms with van der Waals surface area (Å²) in [6.45, 7) is 2.74. The third-order valence-corrected chi connectivity index (χ3v) is 3.84. The van der Waals surface area contributed by atoms with Crippen LogP contribution >= 0.6 is 0 Å². The number of carbonyl (C=O) groups is 1. The Morgan fingerprint density at radius 1 is 0.750 bits per heavy atom. The van der Waals surface area contributed by atoms with Crippen LogP contribution < -0.4 is 9.80 Å². The maximum absolute atomic E-state index is 10.6. The van der Waals surface area contributed by atoms with Crippen molar-refractivity contribution < 1.29 is 9.90 Å². The molecule has 2 fully saturated rings. The Bertz CT molecular complexity index is 602. The van der Waals surface area contributed by atoms with Gasteiger partial charge >= 0.3 is 0 Å². The van der Waals surface area contributed by atoms with Crippen LogP contribution in [0, 0.1) is 0 Å². The van der Waals surface area contributed by atoms with E-state index in [4.69, 9.17) is 5.11 Å². The average Bonchev–Trinajstić information content (AvgIpc) is 2.51. The standard InChI is InChI=1S/C9H11NO.C9H9NO.2CH4/c2*11-9-6-10(7-9)8-4-2-1-3-5-8;;/h1-5,9,11H,6-7H2;1-5H,6-7H2;2*1H4. The lowest BCUT2D eigenvalue weighted by Crippen LogP contribution is -2.50.